The quantitative estimate of drug-likeness (QED) is 0.553. The summed E-state index contributed by atoms with van der Waals surface area (Å²) < 4.78 is 10.1. The summed E-state index contributed by atoms with van der Waals surface area (Å²) in [5, 5.41) is 4.26. The summed E-state index contributed by atoms with van der Waals surface area (Å²) in [7, 11) is 1.62. The number of anilines is 2. The van der Waals surface area contributed by atoms with Crippen LogP contribution in [-0.2, 0) is 0 Å². The van der Waals surface area contributed by atoms with Gasteiger partial charge in [0.25, 0.3) is 0 Å². The summed E-state index contributed by atoms with van der Waals surface area (Å²) in [5.74, 6) is 1.09. The zero-order valence-corrected chi connectivity index (χ0v) is 19.7. The highest BCUT2D eigenvalue weighted by atomic mass is 32.1. The molecule has 2 amide bonds. The molecular formula is C24H30N6O2S. The van der Waals surface area contributed by atoms with Crippen LogP contribution < -0.4 is 20.7 Å². The Balaban J connectivity index is 1.29. The number of fused-ring (bicyclic) bond motifs is 1. The average molecular weight is 467 g/mol. The smallest absolute Gasteiger partial charge is 0.317 e. The van der Waals surface area contributed by atoms with Crippen molar-refractivity contribution in [3.63, 3.8) is 0 Å². The summed E-state index contributed by atoms with van der Waals surface area (Å²) in [5.41, 5.74) is 10.4. The first-order valence-electron chi connectivity index (χ1n) is 11.6. The van der Waals surface area contributed by atoms with E-state index in [1.54, 1.807) is 7.11 Å². The van der Waals surface area contributed by atoms with Gasteiger partial charge in [-0.3, -0.25) is 4.98 Å². The second-order valence-electron chi connectivity index (χ2n) is 8.87. The molecule has 3 N–H and O–H groups in total. The minimum Gasteiger partial charge on any atom is -0.495 e. The predicted octanol–water partition coefficient (Wildman–Crippen LogP) is 3.97. The topological polar surface area (TPSA) is 96.6 Å². The van der Waals surface area contributed by atoms with Crippen LogP contribution in [0.4, 0.5) is 15.5 Å². The molecule has 0 bridgehead atoms. The lowest BCUT2D eigenvalue weighted by molar-refractivity contribution is 0.206. The molecule has 1 unspecified atom stereocenters. The van der Waals surface area contributed by atoms with Gasteiger partial charge in [0.15, 0.2) is 0 Å². The van der Waals surface area contributed by atoms with E-state index in [0.29, 0.717) is 17.4 Å². The van der Waals surface area contributed by atoms with Crippen molar-refractivity contribution >= 4 is 39.3 Å². The maximum atomic E-state index is 12.3. The monoisotopic (exact) mass is 466 g/mol. The minimum absolute atomic E-state index is 0.0846. The number of hydrogen-bond donors (Lipinski definition) is 2. The first kappa shape index (κ1) is 21.8. The Morgan fingerprint density at radius 3 is 2.88 bits per heavy atom. The zero-order chi connectivity index (χ0) is 22.8. The van der Waals surface area contributed by atoms with Crippen LogP contribution in [0.3, 0.4) is 0 Å². The molecule has 0 saturated carbocycles. The van der Waals surface area contributed by atoms with Gasteiger partial charge in [0.1, 0.15) is 21.8 Å². The lowest BCUT2D eigenvalue weighted by atomic mass is 9.98. The van der Waals surface area contributed by atoms with E-state index in [4.69, 9.17) is 19.8 Å². The van der Waals surface area contributed by atoms with Crippen LogP contribution in [0.5, 0.6) is 5.75 Å². The van der Waals surface area contributed by atoms with Crippen LogP contribution in [0.25, 0.3) is 22.2 Å². The number of pyridine rings is 1. The number of piperidine rings is 1. The summed E-state index contributed by atoms with van der Waals surface area (Å²) in [6.45, 7) is 4.39. The van der Waals surface area contributed by atoms with Crippen LogP contribution in [-0.4, -0.2) is 60.1 Å². The molecule has 2 fully saturated rings. The molecule has 0 radical (unpaired) electrons. The number of benzene rings is 1. The predicted molar refractivity (Wildman–Crippen MR) is 133 cm³/mol. The lowest BCUT2D eigenvalue weighted by Crippen LogP contribution is -2.44. The fraction of sp³-hybridized carbons (Fsp3) is 0.458. The lowest BCUT2D eigenvalue weighted by Gasteiger charge is -2.33. The van der Waals surface area contributed by atoms with Crippen LogP contribution in [0.1, 0.15) is 25.7 Å². The number of nitrogen functional groups attached to an aromatic ring is 1. The van der Waals surface area contributed by atoms with Gasteiger partial charge in [0, 0.05) is 44.5 Å². The number of amides is 2. The Kier molecular flexibility index (Phi) is 6.22. The van der Waals surface area contributed by atoms with E-state index in [-0.39, 0.29) is 6.03 Å². The van der Waals surface area contributed by atoms with Crippen molar-refractivity contribution in [3.8, 4) is 16.9 Å². The van der Waals surface area contributed by atoms with Gasteiger partial charge in [-0.15, -0.1) is 0 Å². The molecule has 2 aromatic heterocycles. The Bertz CT molecular complexity index is 1140. The molecule has 33 heavy (non-hydrogen) atoms. The molecule has 1 atom stereocenters. The number of carbonyl (C=O) groups is 1. The molecule has 2 saturated heterocycles. The highest BCUT2D eigenvalue weighted by molar-refractivity contribution is 7.11. The number of urea groups is 1. The number of hydrogen-bond acceptors (Lipinski definition) is 7. The summed E-state index contributed by atoms with van der Waals surface area (Å²) in [6.07, 6.45) is 6.35. The number of nitrogens with one attached hydrogen (secondary N) is 1. The number of carbonyl (C=O) groups excluding carboxylic acids is 1. The van der Waals surface area contributed by atoms with Crippen molar-refractivity contribution in [3.05, 3.63) is 30.5 Å². The van der Waals surface area contributed by atoms with Crippen LogP contribution in [0.15, 0.2) is 30.5 Å². The normalized spacial score (nSPS) is 18.6. The number of ether oxygens (including phenoxy) is 1. The molecule has 5 rings (SSSR count). The highest BCUT2D eigenvalue weighted by Crippen LogP contribution is 2.35. The third-order valence-electron chi connectivity index (χ3n) is 6.61. The Labute approximate surface area is 197 Å². The number of rotatable bonds is 5. The third kappa shape index (κ3) is 4.55. The molecular weight excluding hydrogens is 436 g/mol. The van der Waals surface area contributed by atoms with Crippen molar-refractivity contribution in [1.82, 2.24) is 19.6 Å². The first-order valence-corrected chi connectivity index (χ1v) is 12.4. The fourth-order valence-electron chi connectivity index (χ4n) is 4.76. The van der Waals surface area contributed by atoms with Gasteiger partial charge in [-0.1, -0.05) is 6.07 Å². The van der Waals surface area contributed by atoms with Crippen LogP contribution >= 0.6 is 11.5 Å². The minimum atomic E-state index is 0.0846. The zero-order valence-electron chi connectivity index (χ0n) is 18.9. The summed E-state index contributed by atoms with van der Waals surface area (Å²) in [6, 6.07) is 7.91. The van der Waals surface area contributed by atoms with Crippen molar-refractivity contribution < 1.29 is 9.53 Å². The van der Waals surface area contributed by atoms with Crippen molar-refractivity contribution in [1.29, 1.82) is 0 Å². The number of methoxy groups -OCH3 is 1. The first-order chi connectivity index (χ1) is 16.1. The van der Waals surface area contributed by atoms with E-state index >= 15 is 0 Å². The van der Waals surface area contributed by atoms with E-state index in [0.717, 1.165) is 85.6 Å². The highest BCUT2D eigenvalue weighted by Gasteiger charge is 2.25. The maximum absolute atomic E-state index is 12.3. The molecule has 2 aliphatic rings. The van der Waals surface area contributed by atoms with Crippen molar-refractivity contribution in [2.75, 3.05) is 50.5 Å². The van der Waals surface area contributed by atoms with Gasteiger partial charge in [-0.25, -0.2) is 4.79 Å². The molecule has 9 heteroatoms. The Hall–Kier alpha value is -3.07. The largest absolute Gasteiger partial charge is 0.495 e. The molecule has 8 nitrogen and oxygen atoms in total. The van der Waals surface area contributed by atoms with Gasteiger partial charge in [0.05, 0.1) is 12.8 Å². The number of aromatic nitrogens is 2. The standard InChI is InChI=1S/C24H30N6O2S/c1-32-21-12-17(6-7-19(21)25)18-11-20-22(26-14-18)23(33-28-20)30-10-4-5-16(15-30)13-27-24(31)29-8-2-3-9-29/h6-7,11-12,14,16H,2-5,8-10,13,15,25H2,1H3,(H,27,31). The Morgan fingerprint density at radius 2 is 2.06 bits per heavy atom. The molecule has 174 valence electrons. The van der Waals surface area contributed by atoms with Gasteiger partial charge in [-0.05, 0) is 66.9 Å². The van der Waals surface area contributed by atoms with Gasteiger partial charge in [0.2, 0.25) is 0 Å². The summed E-state index contributed by atoms with van der Waals surface area (Å²) >= 11 is 1.50. The number of likely N-dealkylation sites (tertiary alicyclic amines) is 1. The van der Waals surface area contributed by atoms with E-state index in [2.05, 4.69) is 16.3 Å². The SMILES string of the molecule is COc1cc(-c2cnc3c(N4CCCC(CNC(=O)N5CCCC5)C4)snc3c2)ccc1N. The van der Waals surface area contributed by atoms with Gasteiger partial charge >= 0.3 is 6.03 Å². The van der Waals surface area contributed by atoms with E-state index in [9.17, 15) is 4.79 Å². The van der Waals surface area contributed by atoms with Crippen molar-refractivity contribution in [2.24, 2.45) is 5.92 Å². The van der Waals surface area contributed by atoms with Crippen molar-refractivity contribution in [2.45, 2.75) is 25.7 Å². The number of nitrogens with zero attached hydrogens (tertiary/aromatic N) is 4. The third-order valence-corrected chi connectivity index (χ3v) is 7.52. The van der Waals surface area contributed by atoms with E-state index < -0.39 is 0 Å². The molecule has 1 aromatic carbocycles. The number of nitrogens with two attached hydrogens (primary N) is 1. The Morgan fingerprint density at radius 1 is 1.21 bits per heavy atom. The van der Waals surface area contributed by atoms with Gasteiger partial charge < -0.3 is 25.6 Å². The summed E-state index contributed by atoms with van der Waals surface area (Å²) in [4.78, 5) is 21.4. The second-order valence-corrected chi connectivity index (χ2v) is 9.62. The van der Waals surface area contributed by atoms with Crippen LogP contribution in [0, 0.1) is 5.92 Å². The van der Waals surface area contributed by atoms with E-state index in [1.807, 2.05) is 29.3 Å². The molecule has 4 heterocycles. The average Bonchev–Trinajstić information content (AvgIpc) is 3.53. The van der Waals surface area contributed by atoms with Crippen LogP contribution in [0.2, 0.25) is 0 Å². The maximum Gasteiger partial charge on any atom is 0.317 e. The van der Waals surface area contributed by atoms with E-state index in [1.165, 1.54) is 11.5 Å². The molecule has 2 aliphatic heterocycles. The second kappa shape index (κ2) is 9.43. The molecule has 3 aromatic rings. The molecule has 0 aliphatic carbocycles. The fourth-order valence-corrected chi connectivity index (χ4v) is 5.61. The molecule has 0 spiro atoms. The van der Waals surface area contributed by atoms with Gasteiger partial charge in [-0.2, -0.15) is 4.37 Å².